The van der Waals surface area contributed by atoms with Crippen LogP contribution in [-0.2, 0) is 4.74 Å². The van der Waals surface area contributed by atoms with Crippen LogP contribution in [0.1, 0.15) is 42.3 Å². The van der Waals surface area contributed by atoms with Gasteiger partial charge in [0, 0.05) is 13.1 Å². The van der Waals surface area contributed by atoms with Gasteiger partial charge in [0.25, 0.3) is 0 Å². The molecule has 3 rings (SSSR count). The predicted octanol–water partition coefficient (Wildman–Crippen LogP) is 1.79. The molecular formula is C16H25N3O. The fourth-order valence-corrected chi connectivity index (χ4v) is 3.30. The Hall–Kier alpha value is -0.940. The molecule has 1 saturated carbocycles. The summed E-state index contributed by atoms with van der Waals surface area (Å²) in [7, 11) is 2.14. The maximum Gasteiger partial charge on any atom is 0.0909 e. The van der Waals surface area contributed by atoms with Crippen molar-refractivity contribution in [2.75, 3.05) is 26.7 Å². The van der Waals surface area contributed by atoms with Crippen molar-refractivity contribution in [3.05, 3.63) is 35.4 Å². The Balaban J connectivity index is 1.84. The number of ether oxygens (including phenoxy) is 1. The third kappa shape index (κ3) is 2.74. The van der Waals surface area contributed by atoms with E-state index >= 15 is 0 Å². The average molecular weight is 275 g/mol. The zero-order valence-corrected chi connectivity index (χ0v) is 12.2. The first kappa shape index (κ1) is 14.0. The number of likely N-dealkylation sites (N-methyl/N-ethyl adjacent to an activating group) is 1. The number of nitrogens with two attached hydrogens (primary N) is 1. The molecule has 0 bridgehead atoms. The van der Waals surface area contributed by atoms with Crippen molar-refractivity contribution in [2.45, 2.75) is 37.3 Å². The Kier molecular flexibility index (Phi) is 4.36. The van der Waals surface area contributed by atoms with Gasteiger partial charge in [0.05, 0.1) is 18.8 Å². The smallest absolute Gasteiger partial charge is 0.0909 e. The van der Waals surface area contributed by atoms with Crippen LogP contribution in [0.5, 0.6) is 0 Å². The molecule has 0 amide bonds. The molecule has 20 heavy (non-hydrogen) atoms. The zero-order valence-electron chi connectivity index (χ0n) is 12.2. The summed E-state index contributed by atoms with van der Waals surface area (Å²) in [5, 5.41) is 0. The van der Waals surface area contributed by atoms with Crippen LogP contribution in [-0.4, -0.2) is 37.7 Å². The fraction of sp³-hybridized carbons (Fsp3) is 0.625. The van der Waals surface area contributed by atoms with Gasteiger partial charge in [-0.25, -0.2) is 0 Å². The summed E-state index contributed by atoms with van der Waals surface area (Å²) in [5.41, 5.74) is 5.78. The van der Waals surface area contributed by atoms with Gasteiger partial charge in [-0.15, -0.1) is 0 Å². The molecule has 1 aliphatic carbocycles. The minimum Gasteiger partial charge on any atom is -0.374 e. The molecule has 4 heteroatoms. The molecule has 3 N–H and O–H groups in total. The second-order valence-electron chi connectivity index (χ2n) is 6.07. The van der Waals surface area contributed by atoms with E-state index in [1.807, 2.05) is 0 Å². The van der Waals surface area contributed by atoms with Gasteiger partial charge >= 0.3 is 0 Å². The Bertz CT molecular complexity index is 447. The summed E-state index contributed by atoms with van der Waals surface area (Å²) in [6, 6.07) is 8.79. The molecule has 0 radical (unpaired) electrons. The Morgan fingerprint density at radius 1 is 1.35 bits per heavy atom. The summed E-state index contributed by atoms with van der Waals surface area (Å²) in [4.78, 5) is 2.31. The average Bonchev–Trinajstić information content (AvgIpc) is 2.40. The van der Waals surface area contributed by atoms with Crippen molar-refractivity contribution in [2.24, 2.45) is 5.84 Å². The molecule has 0 aromatic heterocycles. The largest absolute Gasteiger partial charge is 0.374 e. The van der Waals surface area contributed by atoms with Crippen LogP contribution < -0.4 is 11.3 Å². The van der Waals surface area contributed by atoms with Crippen molar-refractivity contribution in [3.63, 3.8) is 0 Å². The fourth-order valence-electron chi connectivity index (χ4n) is 3.30. The van der Waals surface area contributed by atoms with Crippen LogP contribution >= 0.6 is 0 Å². The summed E-state index contributed by atoms with van der Waals surface area (Å²) < 4.78 is 5.96. The first-order valence-electron chi connectivity index (χ1n) is 7.64. The highest BCUT2D eigenvalue weighted by atomic mass is 16.5. The molecule has 2 atom stereocenters. The van der Waals surface area contributed by atoms with Gasteiger partial charge in [0.15, 0.2) is 0 Å². The van der Waals surface area contributed by atoms with E-state index in [9.17, 15) is 0 Å². The minimum absolute atomic E-state index is 0.0783. The second-order valence-corrected chi connectivity index (χ2v) is 6.07. The number of hydrogen-bond donors (Lipinski definition) is 2. The molecule has 110 valence electrons. The molecule has 2 unspecified atom stereocenters. The molecule has 1 aromatic rings. The minimum atomic E-state index is 0.0783. The number of hydrazine groups is 1. The van der Waals surface area contributed by atoms with Crippen LogP contribution in [0.3, 0.4) is 0 Å². The van der Waals surface area contributed by atoms with Crippen molar-refractivity contribution < 1.29 is 4.74 Å². The number of morpholine rings is 1. The molecular weight excluding hydrogens is 250 g/mol. The lowest BCUT2D eigenvalue weighted by molar-refractivity contribution is -0.0395. The Morgan fingerprint density at radius 2 is 2.15 bits per heavy atom. The van der Waals surface area contributed by atoms with Gasteiger partial charge in [-0.3, -0.25) is 11.3 Å². The van der Waals surface area contributed by atoms with Crippen LogP contribution in [0.25, 0.3) is 0 Å². The van der Waals surface area contributed by atoms with E-state index in [0.717, 1.165) is 19.7 Å². The monoisotopic (exact) mass is 275 g/mol. The van der Waals surface area contributed by atoms with Gasteiger partial charge < -0.3 is 9.64 Å². The molecule has 1 aliphatic heterocycles. The van der Waals surface area contributed by atoms with Gasteiger partial charge in [0.1, 0.15) is 0 Å². The second kappa shape index (κ2) is 6.22. The van der Waals surface area contributed by atoms with Gasteiger partial charge in [-0.1, -0.05) is 30.7 Å². The molecule has 0 spiro atoms. The summed E-state index contributed by atoms with van der Waals surface area (Å²) in [6.45, 7) is 2.71. The number of hydrogen-bond acceptors (Lipinski definition) is 4. The van der Waals surface area contributed by atoms with Crippen molar-refractivity contribution in [1.29, 1.82) is 0 Å². The highest BCUT2D eigenvalue weighted by Crippen LogP contribution is 2.40. The van der Waals surface area contributed by atoms with E-state index in [0.29, 0.717) is 5.92 Å². The van der Waals surface area contributed by atoms with Crippen molar-refractivity contribution in [1.82, 2.24) is 10.3 Å². The van der Waals surface area contributed by atoms with Crippen LogP contribution in [0.4, 0.5) is 0 Å². The normalized spacial score (nSPS) is 26.2. The zero-order chi connectivity index (χ0) is 13.9. The van der Waals surface area contributed by atoms with E-state index in [1.165, 1.54) is 30.4 Å². The van der Waals surface area contributed by atoms with Gasteiger partial charge in [0.2, 0.25) is 0 Å². The lowest BCUT2D eigenvalue weighted by Crippen LogP contribution is -2.48. The number of benzene rings is 1. The topological polar surface area (TPSA) is 50.5 Å². The van der Waals surface area contributed by atoms with E-state index < -0.39 is 0 Å². The van der Waals surface area contributed by atoms with Crippen LogP contribution in [0.15, 0.2) is 24.3 Å². The van der Waals surface area contributed by atoms with Crippen molar-refractivity contribution >= 4 is 0 Å². The van der Waals surface area contributed by atoms with E-state index in [4.69, 9.17) is 10.6 Å². The summed E-state index contributed by atoms with van der Waals surface area (Å²) in [5.74, 6) is 6.57. The molecule has 2 aliphatic rings. The summed E-state index contributed by atoms with van der Waals surface area (Å²) in [6.07, 6.45) is 4.09. The standard InChI is InChI=1S/C16H25N3O/c1-19-9-10-20-15(11-19)16(18-17)14-8-3-2-7-13(14)12-5-4-6-12/h2-3,7-8,12,15-16,18H,4-6,9-11,17H2,1H3. The first-order chi connectivity index (χ1) is 9.79. The van der Waals surface area contributed by atoms with E-state index in [2.05, 4.69) is 41.6 Å². The van der Waals surface area contributed by atoms with Gasteiger partial charge in [-0.2, -0.15) is 0 Å². The maximum absolute atomic E-state index is 5.96. The number of nitrogens with zero attached hydrogens (tertiary/aromatic N) is 1. The summed E-state index contributed by atoms with van der Waals surface area (Å²) >= 11 is 0. The Morgan fingerprint density at radius 3 is 2.80 bits per heavy atom. The lowest BCUT2D eigenvalue weighted by Gasteiger charge is -2.37. The molecule has 2 fully saturated rings. The molecule has 1 heterocycles. The lowest BCUT2D eigenvalue weighted by atomic mass is 9.76. The van der Waals surface area contributed by atoms with Crippen LogP contribution in [0, 0.1) is 0 Å². The first-order valence-corrected chi connectivity index (χ1v) is 7.64. The molecule has 1 aromatic carbocycles. The van der Waals surface area contributed by atoms with Crippen LogP contribution in [0.2, 0.25) is 0 Å². The predicted molar refractivity (Wildman–Crippen MR) is 80.3 cm³/mol. The maximum atomic E-state index is 5.96. The third-order valence-corrected chi connectivity index (χ3v) is 4.72. The third-order valence-electron chi connectivity index (χ3n) is 4.72. The highest BCUT2D eigenvalue weighted by Gasteiger charge is 2.31. The SMILES string of the molecule is CN1CCOC(C(NN)c2ccccc2C2CCC2)C1. The van der Waals surface area contributed by atoms with E-state index in [1.54, 1.807) is 0 Å². The van der Waals surface area contributed by atoms with Gasteiger partial charge in [-0.05, 0) is 36.9 Å². The number of rotatable bonds is 4. The van der Waals surface area contributed by atoms with E-state index in [-0.39, 0.29) is 12.1 Å². The number of nitrogens with one attached hydrogen (secondary N) is 1. The van der Waals surface area contributed by atoms with Crippen molar-refractivity contribution in [3.8, 4) is 0 Å². The quantitative estimate of drug-likeness (QED) is 0.650. The molecule has 4 nitrogen and oxygen atoms in total. The Labute approximate surface area is 121 Å². The highest BCUT2D eigenvalue weighted by molar-refractivity contribution is 5.35. The molecule has 1 saturated heterocycles.